The number of nitrogen functional groups attached to an aromatic ring is 1. The van der Waals surface area contributed by atoms with Crippen molar-refractivity contribution in [3.05, 3.63) is 27.4 Å². The van der Waals surface area contributed by atoms with Crippen LogP contribution in [0.15, 0.2) is 26.1 Å². The number of rotatable bonds is 10. The number of nitrogens with zero attached hydrogens (tertiary/aromatic N) is 5. The van der Waals surface area contributed by atoms with Crippen LogP contribution in [-0.2, 0) is 24.0 Å². The third-order valence-corrected chi connectivity index (χ3v) is 8.98. The number of carboxylic acid groups (broad SMARTS) is 1. The molecule has 2 aliphatic heterocycles. The number of thioether (sulfide) groups is 2. The molecule has 15 nitrogen and oxygen atoms in total. The number of nitrogens with two attached hydrogens (primary N) is 2. The Labute approximate surface area is 249 Å². The van der Waals surface area contributed by atoms with E-state index in [0.717, 1.165) is 16.3 Å². The minimum atomic E-state index is -1.24. The number of fused-ring (bicyclic) bond motifs is 1. The normalized spacial score (nSPS) is 18.3. The summed E-state index contributed by atoms with van der Waals surface area (Å²) in [7, 11) is 0. The minimum Gasteiger partial charge on any atom is -0.477 e. The second-order valence-corrected chi connectivity index (χ2v) is 11.7. The summed E-state index contributed by atoms with van der Waals surface area (Å²) in [5, 5.41) is 25.8. The molecule has 0 aromatic carbocycles. The van der Waals surface area contributed by atoms with E-state index in [9.17, 15) is 24.3 Å². The highest BCUT2D eigenvalue weighted by Crippen LogP contribution is 2.41. The minimum absolute atomic E-state index is 0. The van der Waals surface area contributed by atoms with Gasteiger partial charge in [0.2, 0.25) is 0 Å². The number of oxime groups is 1. The van der Waals surface area contributed by atoms with Gasteiger partial charge in [0.15, 0.2) is 21.8 Å². The number of aliphatic carboxylic acids is 1. The maximum absolute atomic E-state index is 13.0. The number of aromatic nitrogens is 3. The molecular weight excluding hydrogens is 637 g/mol. The Morgan fingerprint density at radius 2 is 2.08 bits per heavy atom. The van der Waals surface area contributed by atoms with Crippen LogP contribution in [0.2, 0.25) is 0 Å². The Bertz CT molecular complexity index is 1320. The van der Waals surface area contributed by atoms with Crippen LogP contribution in [0.3, 0.4) is 0 Å². The average Bonchev–Trinajstić information content (AvgIpc) is 3.50. The van der Waals surface area contributed by atoms with E-state index in [0.29, 0.717) is 21.4 Å². The molecule has 1 unspecified atom stereocenters. The van der Waals surface area contributed by atoms with Crippen molar-refractivity contribution in [3.8, 4) is 0 Å². The number of hydrogen-bond donors (Lipinski definition) is 5. The molecule has 4 rings (SSSR count). The van der Waals surface area contributed by atoms with Crippen molar-refractivity contribution >= 4 is 106 Å². The third-order valence-electron chi connectivity index (χ3n) is 4.91. The van der Waals surface area contributed by atoms with Gasteiger partial charge in [-0.25, -0.2) is 15.6 Å². The molecule has 0 bridgehead atoms. The summed E-state index contributed by atoms with van der Waals surface area (Å²) >= 11 is 5.11. The third kappa shape index (κ3) is 7.29. The van der Waals surface area contributed by atoms with Gasteiger partial charge in [0.05, 0.1) is 0 Å². The number of thiazole rings is 1. The van der Waals surface area contributed by atoms with Crippen molar-refractivity contribution in [2.45, 2.75) is 22.7 Å². The fourth-order valence-electron chi connectivity index (χ4n) is 3.29. The smallest absolute Gasteiger partial charge is 0.352 e. The first-order valence-electron chi connectivity index (χ1n) is 10.2. The number of carbonyl (C=O) groups is 4. The molecule has 1 saturated heterocycles. The van der Waals surface area contributed by atoms with Crippen LogP contribution < -0.4 is 22.3 Å². The molecule has 2 atom stereocenters. The molecule has 2 aromatic heterocycles. The predicted molar refractivity (Wildman–Crippen MR) is 151 cm³/mol. The van der Waals surface area contributed by atoms with Gasteiger partial charge in [-0.1, -0.05) is 28.3 Å². The molecule has 7 N–H and O–H groups in total. The average molecular weight is 659 g/mol. The number of nitrogens with one attached hydrogen (secondary N) is 2. The number of hydrazine groups is 1. The number of β-lactam (4-membered cyclic amide) rings is 1. The van der Waals surface area contributed by atoms with Crippen LogP contribution in [0, 0.1) is 6.92 Å². The van der Waals surface area contributed by atoms with Crippen LogP contribution in [0.25, 0.3) is 0 Å². The maximum Gasteiger partial charge on any atom is 0.352 e. The highest BCUT2D eigenvalue weighted by molar-refractivity contribution is 8.01. The zero-order valence-corrected chi connectivity index (χ0v) is 24.6. The summed E-state index contributed by atoms with van der Waals surface area (Å²) in [5.41, 5.74) is 7.72. The molecule has 2 aromatic rings. The fraction of sp³-hybridized carbons (Fsp3) is 0.333. The lowest BCUT2D eigenvalue weighted by Crippen LogP contribution is -2.71. The highest BCUT2D eigenvalue weighted by Gasteiger charge is 2.54. The van der Waals surface area contributed by atoms with Gasteiger partial charge in [0.25, 0.3) is 17.7 Å². The zero-order valence-electron chi connectivity index (χ0n) is 19.7. The second kappa shape index (κ2) is 14.1. The summed E-state index contributed by atoms with van der Waals surface area (Å²) in [6.07, 6.45) is 0. The zero-order chi connectivity index (χ0) is 26.7. The first-order chi connectivity index (χ1) is 17.7. The lowest BCUT2D eigenvalue weighted by atomic mass is 10.0. The van der Waals surface area contributed by atoms with Gasteiger partial charge in [-0.2, -0.15) is 0 Å². The molecule has 0 saturated carbocycles. The molecule has 3 amide bonds. The first-order valence-corrected chi connectivity index (χ1v) is 14.0. The molecule has 0 spiro atoms. The summed E-state index contributed by atoms with van der Waals surface area (Å²) < 4.78 is 0.697. The van der Waals surface area contributed by atoms with Gasteiger partial charge in [0, 0.05) is 16.9 Å². The van der Waals surface area contributed by atoms with Crippen molar-refractivity contribution in [2.75, 3.05) is 23.8 Å². The quantitative estimate of drug-likeness (QED) is 0.0565. The largest absolute Gasteiger partial charge is 0.477 e. The van der Waals surface area contributed by atoms with E-state index in [1.165, 1.54) is 45.1 Å². The first kappa shape index (κ1) is 32.5. The Morgan fingerprint density at radius 1 is 1.33 bits per heavy atom. The Balaban J connectivity index is 0.00000267. The van der Waals surface area contributed by atoms with Crippen LogP contribution in [0.5, 0.6) is 0 Å². The van der Waals surface area contributed by atoms with Crippen molar-refractivity contribution < 1.29 is 29.1 Å². The molecule has 2 aliphatic rings. The molecule has 21 heteroatoms. The number of aryl methyl sites for hydroxylation is 1. The van der Waals surface area contributed by atoms with E-state index in [1.807, 2.05) is 12.3 Å². The van der Waals surface area contributed by atoms with Gasteiger partial charge in [-0.05, 0) is 12.5 Å². The lowest BCUT2D eigenvalue weighted by molar-refractivity contribution is -0.150. The summed E-state index contributed by atoms with van der Waals surface area (Å²) in [6, 6.07) is -1.01. The molecule has 0 aliphatic carbocycles. The van der Waals surface area contributed by atoms with Gasteiger partial charge < -0.3 is 21.0 Å². The van der Waals surface area contributed by atoms with Crippen molar-refractivity contribution in [1.29, 1.82) is 0 Å². The standard InChI is InChI=1S/C18H19N9O6S4.2ClH/c1-6-24-25-18(37-6)36-4-7-3-34-15-11(14(30)27(15)12(7)16(31)32)22-13(29)10(8-5-35-17(19)21-8)26-33-2-9(28)23-20;;/h5,11,15H,2-4,20H2,1H3,(H2,19,21)(H,22,29)(H,23,28)(H,31,32);2*1H/t11?,15-;;/m1../s1. The van der Waals surface area contributed by atoms with Crippen molar-refractivity contribution in [3.63, 3.8) is 0 Å². The van der Waals surface area contributed by atoms with E-state index >= 15 is 0 Å². The Hall–Kier alpha value is -2.68. The molecule has 0 radical (unpaired) electrons. The SMILES string of the molecule is Cc1nnc(SCC2=C(C(=O)O)N3C(=O)C(NC(=O)C(=NOCC(=O)NN)c4csc(N)n4)[C@H]3SC2)s1.Cl.Cl. The summed E-state index contributed by atoms with van der Waals surface area (Å²) in [5.74, 6) is 2.34. The van der Waals surface area contributed by atoms with Gasteiger partial charge >= 0.3 is 5.97 Å². The number of carbonyl (C=O) groups excluding carboxylic acids is 3. The Kier molecular flexibility index (Phi) is 11.8. The Morgan fingerprint density at radius 3 is 2.67 bits per heavy atom. The van der Waals surface area contributed by atoms with Gasteiger partial charge in [-0.15, -0.1) is 58.1 Å². The predicted octanol–water partition coefficient (Wildman–Crippen LogP) is -0.0297. The summed E-state index contributed by atoms with van der Waals surface area (Å²) in [6.45, 7) is 1.26. The van der Waals surface area contributed by atoms with Crippen molar-refractivity contribution in [1.82, 2.24) is 30.8 Å². The fourth-order valence-corrected chi connectivity index (χ4v) is 7.14. The molecule has 212 valence electrons. The monoisotopic (exact) mass is 657 g/mol. The van der Waals surface area contributed by atoms with Crippen LogP contribution in [0.4, 0.5) is 5.13 Å². The van der Waals surface area contributed by atoms with E-state index in [-0.39, 0.29) is 47.0 Å². The molecule has 4 heterocycles. The maximum atomic E-state index is 13.0. The van der Waals surface area contributed by atoms with Gasteiger partial charge in [-0.3, -0.25) is 24.7 Å². The molecule has 1 fully saturated rings. The van der Waals surface area contributed by atoms with E-state index in [2.05, 4.69) is 25.7 Å². The number of anilines is 1. The number of halogens is 2. The van der Waals surface area contributed by atoms with E-state index in [4.69, 9.17) is 16.4 Å². The van der Waals surface area contributed by atoms with E-state index < -0.39 is 41.7 Å². The molecule has 39 heavy (non-hydrogen) atoms. The van der Waals surface area contributed by atoms with Crippen LogP contribution in [-0.4, -0.2) is 84.1 Å². The summed E-state index contributed by atoms with van der Waals surface area (Å²) in [4.78, 5) is 59.4. The van der Waals surface area contributed by atoms with Gasteiger partial charge in [0.1, 0.15) is 27.8 Å². The topological polar surface area (TPSA) is 228 Å². The second-order valence-electron chi connectivity index (χ2n) is 7.35. The lowest BCUT2D eigenvalue weighted by Gasteiger charge is -2.49. The number of amides is 3. The number of carboxylic acids is 1. The molecular formula is C18H21Cl2N9O6S4. The number of hydrogen-bond acceptors (Lipinski definition) is 15. The highest BCUT2D eigenvalue weighted by atomic mass is 35.5. The van der Waals surface area contributed by atoms with Crippen LogP contribution >= 0.6 is 71.0 Å². The van der Waals surface area contributed by atoms with Crippen molar-refractivity contribution in [2.24, 2.45) is 11.0 Å². The van der Waals surface area contributed by atoms with Crippen LogP contribution in [0.1, 0.15) is 10.7 Å². The van der Waals surface area contributed by atoms with E-state index in [1.54, 1.807) is 0 Å².